The molecule has 0 spiro atoms. The summed E-state index contributed by atoms with van der Waals surface area (Å²) in [5.74, 6) is 0.734. The molecule has 2 unspecified atom stereocenters. The lowest BCUT2D eigenvalue weighted by atomic mass is 10.1. The van der Waals surface area contributed by atoms with Crippen LogP contribution in [-0.2, 0) is 4.74 Å². The molecule has 11 nitrogen and oxygen atoms in total. The van der Waals surface area contributed by atoms with Crippen molar-refractivity contribution in [2.24, 2.45) is 0 Å². The van der Waals surface area contributed by atoms with Crippen LogP contribution in [0.4, 0.5) is 17.3 Å². The minimum Gasteiger partial charge on any atom is -0.393 e. The van der Waals surface area contributed by atoms with E-state index in [4.69, 9.17) is 4.74 Å². The Morgan fingerprint density at radius 2 is 2.18 bits per heavy atom. The molecule has 3 aromatic heterocycles. The summed E-state index contributed by atoms with van der Waals surface area (Å²) in [6, 6.07) is 5.20. The van der Waals surface area contributed by atoms with Crippen LogP contribution in [0.2, 0.25) is 0 Å². The van der Waals surface area contributed by atoms with Gasteiger partial charge in [-0.25, -0.2) is 4.98 Å². The number of carbonyl (C=O) groups is 1. The predicted octanol–water partition coefficient (Wildman–Crippen LogP) is 1.67. The molecule has 5 rings (SSSR count). The molecule has 1 saturated heterocycles. The first-order valence-electron chi connectivity index (χ1n) is 11.6. The van der Waals surface area contributed by atoms with Gasteiger partial charge in [-0.15, -0.1) is 0 Å². The van der Waals surface area contributed by atoms with Gasteiger partial charge in [-0.1, -0.05) is 0 Å². The number of nitrogens with one attached hydrogen (secondary N) is 3. The van der Waals surface area contributed by atoms with Gasteiger partial charge in [-0.3, -0.25) is 9.59 Å². The van der Waals surface area contributed by atoms with E-state index >= 15 is 0 Å². The van der Waals surface area contributed by atoms with Gasteiger partial charge >= 0.3 is 0 Å². The first kappa shape index (κ1) is 22.4. The summed E-state index contributed by atoms with van der Waals surface area (Å²) in [6.45, 7) is 1.24. The molecular formula is C23H29N7O4. The minimum atomic E-state index is -0.380. The SMILES string of the molecule is CNc1cc(Nc2cccn([C@H]3CCCOC3)c2=O)nc2c(C(=O)NC3CCC(O)C3)cnn12. The van der Waals surface area contributed by atoms with E-state index in [2.05, 4.69) is 26.0 Å². The molecule has 0 radical (unpaired) electrons. The van der Waals surface area contributed by atoms with E-state index < -0.39 is 0 Å². The standard InChI is InChI=1S/C23H29N7O4/c1-24-20-11-19(27-18-5-2-8-29(23(18)33)15-4-3-9-34-13-15)28-21-17(12-25-30(20)21)22(32)26-14-6-7-16(31)10-14/h2,5,8,11-12,14-16,24,31H,3-4,6-7,9-10,13H2,1H3,(H,26,32)(H,27,28)/t14?,15-,16?/m0/s1. The van der Waals surface area contributed by atoms with Gasteiger partial charge in [0.1, 0.15) is 22.9 Å². The number of fused-ring (bicyclic) bond motifs is 1. The third-order valence-electron chi connectivity index (χ3n) is 6.48. The van der Waals surface area contributed by atoms with Crippen molar-refractivity contribution in [2.45, 2.75) is 50.3 Å². The van der Waals surface area contributed by atoms with Gasteiger partial charge < -0.3 is 30.4 Å². The highest BCUT2D eigenvalue weighted by molar-refractivity contribution is 6.00. The fourth-order valence-corrected chi connectivity index (χ4v) is 4.69. The Morgan fingerprint density at radius 1 is 1.29 bits per heavy atom. The molecule has 0 bridgehead atoms. The minimum absolute atomic E-state index is 0.00513. The van der Waals surface area contributed by atoms with Crippen LogP contribution in [0, 0.1) is 0 Å². The monoisotopic (exact) mass is 467 g/mol. The Kier molecular flexibility index (Phi) is 6.20. The van der Waals surface area contributed by atoms with Crippen molar-refractivity contribution in [3.63, 3.8) is 0 Å². The van der Waals surface area contributed by atoms with Crippen LogP contribution in [0.15, 0.2) is 35.4 Å². The van der Waals surface area contributed by atoms with Gasteiger partial charge in [0.05, 0.1) is 24.9 Å². The lowest BCUT2D eigenvalue weighted by Crippen LogP contribution is -2.33. The molecule has 1 aliphatic carbocycles. The first-order valence-corrected chi connectivity index (χ1v) is 11.6. The fraction of sp³-hybridized carbons (Fsp3) is 0.478. The number of aliphatic hydroxyl groups excluding tert-OH is 1. The Hall–Kier alpha value is -3.44. The van der Waals surface area contributed by atoms with Crippen LogP contribution >= 0.6 is 0 Å². The lowest BCUT2D eigenvalue weighted by Gasteiger charge is -2.24. The van der Waals surface area contributed by atoms with Crippen LogP contribution in [-0.4, -0.2) is 62.6 Å². The molecule has 1 aliphatic heterocycles. The lowest BCUT2D eigenvalue weighted by molar-refractivity contribution is 0.0581. The Labute approximate surface area is 196 Å². The number of amides is 1. The second-order valence-corrected chi connectivity index (χ2v) is 8.84. The van der Waals surface area contributed by atoms with E-state index in [0.29, 0.717) is 48.0 Å². The van der Waals surface area contributed by atoms with E-state index in [0.717, 1.165) is 25.9 Å². The molecule has 11 heteroatoms. The summed E-state index contributed by atoms with van der Waals surface area (Å²) >= 11 is 0. The average molecular weight is 468 g/mol. The zero-order valence-electron chi connectivity index (χ0n) is 19.0. The second kappa shape index (κ2) is 9.43. The number of ether oxygens (including phenoxy) is 1. The number of nitrogens with zero attached hydrogens (tertiary/aromatic N) is 4. The number of anilines is 3. The van der Waals surface area contributed by atoms with Crippen LogP contribution in [0.3, 0.4) is 0 Å². The van der Waals surface area contributed by atoms with Crippen LogP contribution in [0.5, 0.6) is 0 Å². The predicted molar refractivity (Wildman–Crippen MR) is 127 cm³/mol. The molecule has 4 N–H and O–H groups in total. The fourth-order valence-electron chi connectivity index (χ4n) is 4.69. The van der Waals surface area contributed by atoms with Crippen molar-refractivity contribution >= 4 is 28.9 Å². The van der Waals surface area contributed by atoms with Gasteiger partial charge in [0, 0.05) is 32.0 Å². The summed E-state index contributed by atoms with van der Waals surface area (Å²) in [5.41, 5.74) is 0.920. The van der Waals surface area contributed by atoms with Gasteiger partial charge in [0.2, 0.25) is 0 Å². The highest BCUT2D eigenvalue weighted by atomic mass is 16.5. The summed E-state index contributed by atoms with van der Waals surface area (Å²) in [5, 5.41) is 23.2. The van der Waals surface area contributed by atoms with E-state index in [1.54, 1.807) is 34.5 Å². The molecule has 2 fully saturated rings. The average Bonchev–Trinajstić information content (AvgIpc) is 3.46. The Balaban J connectivity index is 1.44. The zero-order valence-corrected chi connectivity index (χ0v) is 19.0. The van der Waals surface area contributed by atoms with Crippen molar-refractivity contribution in [3.8, 4) is 0 Å². The molecule has 2 aliphatic rings. The number of pyridine rings is 1. The number of aliphatic hydroxyl groups is 1. The first-order chi connectivity index (χ1) is 16.5. The van der Waals surface area contributed by atoms with Crippen molar-refractivity contribution in [2.75, 3.05) is 30.9 Å². The summed E-state index contributed by atoms with van der Waals surface area (Å²) in [6.07, 6.45) is 6.65. The van der Waals surface area contributed by atoms with E-state index in [1.807, 2.05) is 6.07 Å². The summed E-state index contributed by atoms with van der Waals surface area (Å²) < 4.78 is 8.79. The number of rotatable bonds is 6. The van der Waals surface area contributed by atoms with Crippen molar-refractivity contribution < 1.29 is 14.6 Å². The van der Waals surface area contributed by atoms with Crippen molar-refractivity contribution in [1.29, 1.82) is 0 Å². The van der Waals surface area contributed by atoms with Gasteiger partial charge in [0.25, 0.3) is 11.5 Å². The van der Waals surface area contributed by atoms with Crippen LogP contribution < -0.4 is 21.5 Å². The number of aromatic nitrogens is 4. The van der Waals surface area contributed by atoms with E-state index in [1.165, 1.54) is 6.20 Å². The maximum Gasteiger partial charge on any atom is 0.274 e. The van der Waals surface area contributed by atoms with Crippen molar-refractivity contribution in [1.82, 2.24) is 24.5 Å². The van der Waals surface area contributed by atoms with Crippen molar-refractivity contribution in [3.05, 3.63) is 46.5 Å². The third kappa shape index (κ3) is 4.36. The van der Waals surface area contributed by atoms with Gasteiger partial charge in [-0.2, -0.15) is 9.61 Å². The number of hydrogen-bond acceptors (Lipinski definition) is 8. The maximum atomic E-state index is 13.1. The summed E-state index contributed by atoms with van der Waals surface area (Å²) in [7, 11) is 1.75. The molecule has 1 amide bonds. The Bertz CT molecular complexity index is 1250. The molecule has 180 valence electrons. The molecule has 4 heterocycles. The number of carbonyl (C=O) groups excluding carboxylic acids is 1. The quantitative estimate of drug-likeness (QED) is 0.430. The zero-order chi connectivity index (χ0) is 23.7. The van der Waals surface area contributed by atoms with Crippen LogP contribution in [0.25, 0.3) is 5.65 Å². The highest BCUT2D eigenvalue weighted by Crippen LogP contribution is 2.23. The molecule has 0 aromatic carbocycles. The van der Waals surface area contributed by atoms with E-state index in [9.17, 15) is 14.7 Å². The molecular weight excluding hydrogens is 438 g/mol. The smallest absolute Gasteiger partial charge is 0.274 e. The normalized spacial score (nSPS) is 22.6. The molecule has 3 aromatic rings. The highest BCUT2D eigenvalue weighted by Gasteiger charge is 2.26. The molecule has 34 heavy (non-hydrogen) atoms. The van der Waals surface area contributed by atoms with Gasteiger partial charge in [0.15, 0.2) is 5.65 Å². The second-order valence-electron chi connectivity index (χ2n) is 8.84. The molecule has 1 saturated carbocycles. The molecule has 3 atom stereocenters. The largest absolute Gasteiger partial charge is 0.393 e. The Morgan fingerprint density at radius 3 is 2.91 bits per heavy atom. The number of hydrogen-bond donors (Lipinski definition) is 4. The maximum absolute atomic E-state index is 13.1. The topological polar surface area (TPSA) is 135 Å². The third-order valence-corrected chi connectivity index (χ3v) is 6.48. The van der Waals surface area contributed by atoms with Gasteiger partial charge in [-0.05, 0) is 44.2 Å². The summed E-state index contributed by atoms with van der Waals surface area (Å²) in [4.78, 5) is 30.7. The van der Waals surface area contributed by atoms with Crippen LogP contribution in [0.1, 0.15) is 48.5 Å². The van der Waals surface area contributed by atoms with E-state index in [-0.39, 0.29) is 29.7 Å².